The first kappa shape index (κ1) is 13.6. The number of rotatable bonds is 4. The van der Waals surface area contributed by atoms with E-state index in [1.165, 1.54) is 0 Å². The summed E-state index contributed by atoms with van der Waals surface area (Å²) in [6, 6.07) is 17.0. The van der Waals surface area contributed by atoms with Gasteiger partial charge in [0.05, 0.1) is 0 Å². The van der Waals surface area contributed by atoms with E-state index in [1.807, 2.05) is 0 Å². The number of hydrogen-bond donors (Lipinski definition) is 0. The Balaban J connectivity index is 2.06. The minimum absolute atomic E-state index is 0.0670. The van der Waals surface area contributed by atoms with Crippen molar-refractivity contribution in [3.05, 3.63) is 71.5 Å². The quantitative estimate of drug-likeness (QED) is 0.593. The van der Waals surface area contributed by atoms with Gasteiger partial charge in [-0.1, -0.05) is 0 Å². The van der Waals surface area contributed by atoms with Gasteiger partial charge in [0, 0.05) is 0 Å². The molecular formula is C14H12O4Sn+2. The van der Waals surface area contributed by atoms with Crippen LogP contribution in [0.4, 0.5) is 0 Å². The van der Waals surface area contributed by atoms with Gasteiger partial charge in [-0.25, -0.2) is 0 Å². The van der Waals surface area contributed by atoms with Crippen molar-refractivity contribution in [1.82, 2.24) is 0 Å². The van der Waals surface area contributed by atoms with Crippen LogP contribution in [0.2, 0.25) is 0 Å². The van der Waals surface area contributed by atoms with Crippen LogP contribution in [-0.4, -0.2) is 31.6 Å². The summed E-state index contributed by atoms with van der Waals surface area (Å²) in [6.45, 7) is 0. The summed E-state index contributed by atoms with van der Waals surface area (Å²) in [6.07, 6.45) is 0. The molecule has 2 aromatic rings. The normalized spacial score (nSPS) is 9.68. The van der Waals surface area contributed by atoms with Crippen LogP contribution < -0.4 is 17.0 Å². The van der Waals surface area contributed by atoms with E-state index in [2.05, 4.69) is 0 Å². The molecule has 2 radical (unpaired) electrons. The van der Waals surface area contributed by atoms with Gasteiger partial charge >= 0.3 is 121 Å². The molecule has 4 nitrogen and oxygen atoms in total. The van der Waals surface area contributed by atoms with Gasteiger partial charge in [-0.05, 0) is 0 Å². The first-order chi connectivity index (χ1) is 9.27. The second kappa shape index (κ2) is 6.94. The third-order valence-corrected chi connectivity index (χ3v) is 3.99. The molecule has 0 aromatic heterocycles. The zero-order valence-electron chi connectivity index (χ0n) is 9.98. The van der Waals surface area contributed by atoms with Gasteiger partial charge in [-0.2, -0.15) is 0 Å². The van der Waals surface area contributed by atoms with Crippen molar-refractivity contribution >= 4 is 22.0 Å². The fraction of sp³-hybridized carbons (Fsp3) is 0. The maximum absolute atomic E-state index is 9.66. The molecule has 0 atom stereocenters. The Morgan fingerprint density at radius 2 is 1.05 bits per heavy atom. The predicted octanol–water partition coefficient (Wildman–Crippen LogP) is 0.688. The Labute approximate surface area is 121 Å². The first-order valence-electron chi connectivity index (χ1n) is 5.59. The Hall–Kier alpha value is -1.82. The third kappa shape index (κ3) is 4.10. The van der Waals surface area contributed by atoms with Crippen molar-refractivity contribution in [2.45, 2.75) is 0 Å². The molecule has 19 heavy (non-hydrogen) atoms. The molecule has 0 saturated heterocycles. The maximum atomic E-state index is 9.66. The minimum atomic E-state index is -1.70. The monoisotopic (exact) mass is 364 g/mol. The topological polar surface area (TPSA) is 61.3 Å². The Morgan fingerprint density at radius 1 is 0.632 bits per heavy atom. The van der Waals surface area contributed by atoms with E-state index in [4.69, 9.17) is 6.15 Å². The predicted molar refractivity (Wildman–Crippen MR) is 70.0 cm³/mol. The first-order valence-corrected chi connectivity index (χ1v) is 7.92. The summed E-state index contributed by atoms with van der Waals surface area (Å²) in [5.74, 6) is 0.771. The summed E-state index contributed by atoms with van der Waals surface area (Å²) in [5, 5.41) is 0. The van der Waals surface area contributed by atoms with E-state index in [-0.39, 0.29) is 10.9 Å². The fourth-order valence-corrected chi connectivity index (χ4v) is 2.94. The molecular weight excluding hydrogens is 351 g/mol. The van der Waals surface area contributed by atoms with Crippen LogP contribution in [0.25, 0.3) is 0 Å². The van der Waals surface area contributed by atoms with Gasteiger partial charge in [-0.3, -0.25) is 0 Å². The zero-order valence-corrected chi connectivity index (χ0v) is 12.8. The average Bonchev–Trinajstić information content (AvgIpc) is 2.72. The summed E-state index contributed by atoms with van der Waals surface area (Å²) in [7, 11) is 0. The van der Waals surface area contributed by atoms with Crippen molar-refractivity contribution in [2.24, 2.45) is 0 Å². The molecule has 2 N–H and O–H groups in total. The van der Waals surface area contributed by atoms with Crippen LogP contribution >= 0.6 is 0 Å². The summed E-state index contributed by atoms with van der Waals surface area (Å²) < 4.78 is 10.9. The second-order valence-electron chi connectivity index (χ2n) is 3.61. The molecule has 2 aromatic carbocycles. The molecule has 5 heteroatoms. The molecule has 0 aliphatic rings. The van der Waals surface area contributed by atoms with Gasteiger partial charge in [0.15, 0.2) is 0 Å². The van der Waals surface area contributed by atoms with Gasteiger partial charge in [0.1, 0.15) is 0 Å². The van der Waals surface area contributed by atoms with E-state index < -0.39 is 22.0 Å². The van der Waals surface area contributed by atoms with Gasteiger partial charge < -0.3 is 0 Å². The van der Waals surface area contributed by atoms with Crippen molar-refractivity contribution in [3.8, 4) is 11.5 Å². The van der Waals surface area contributed by atoms with Gasteiger partial charge in [0.2, 0.25) is 0 Å². The fourth-order valence-electron chi connectivity index (χ4n) is 1.33. The van der Waals surface area contributed by atoms with Crippen molar-refractivity contribution in [3.63, 3.8) is 0 Å². The van der Waals surface area contributed by atoms with Crippen LogP contribution in [0, 0.1) is 0 Å². The average molecular weight is 363 g/mol. The number of hydrogen-bond acceptors (Lipinski definition) is 2. The molecule has 0 aliphatic heterocycles. The molecule has 0 amide bonds. The Morgan fingerprint density at radius 3 is 1.53 bits per heavy atom. The summed E-state index contributed by atoms with van der Waals surface area (Å²) in [5.41, 5.74) is 0.134. The SMILES string of the molecule is [OH+]=c1cccccc1[O][Sn][O]c1cccccc1=[OH+]. The molecule has 0 spiro atoms. The van der Waals surface area contributed by atoms with E-state index in [0.717, 1.165) is 0 Å². The molecule has 0 aliphatic carbocycles. The Kier molecular flexibility index (Phi) is 4.97. The van der Waals surface area contributed by atoms with E-state index >= 15 is 0 Å². The second-order valence-corrected chi connectivity index (χ2v) is 5.25. The van der Waals surface area contributed by atoms with Crippen LogP contribution in [0.3, 0.4) is 0 Å². The third-order valence-electron chi connectivity index (χ3n) is 2.26. The molecule has 0 fully saturated rings. The van der Waals surface area contributed by atoms with Crippen molar-refractivity contribution in [1.29, 1.82) is 0 Å². The molecule has 0 bridgehead atoms. The van der Waals surface area contributed by atoms with Crippen molar-refractivity contribution < 1.29 is 15.7 Å². The van der Waals surface area contributed by atoms with E-state index in [9.17, 15) is 9.59 Å². The van der Waals surface area contributed by atoms with Crippen LogP contribution in [-0.2, 0) is 0 Å². The Bertz CT molecular complexity index is 614. The molecule has 0 unspecified atom stereocenters. The van der Waals surface area contributed by atoms with Gasteiger partial charge in [-0.15, -0.1) is 0 Å². The molecule has 94 valence electrons. The zero-order chi connectivity index (χ0) is 13.5. The van der Waals surface area contributed by atoms with Crippen LogP contribution in [0.15, 0.2) is 60.7 Å². The molecule has 2 rings (SSSR count). The van der Waals surface area contributed by atoms with Crippen molar-refractivity contribution in [2.75, 3.05) is 0 Å². The van der Waals surface area contributed by atoms with Gasteiger partial charge in [0.25, 0.3) is 0 Å². The molecule has 0 saturated carbocycles. The van der Waals surface area contributed by atoms with E-state index in [0.29, 0.717) is 11.5 Å². The summed E-state index contributed by atoms with van der Waals surface area (Å²) in [4.78, 5) is 19.3. The standard InChI is InChI=1S/2C7H6O2.Sn/c2*8-6-4-2-1-3-5-7(6)9;/h2*1-5H,(H,8,9);/q;;+2. The molecule has 0 heterocycles. The summed E-state index contributed by atoms with van der Waals surface area (Å²) >= 11 is -1.70. The van der Waals surface area contributed by atoms with Crippen LogP contribution in [0.1, 0.15) is 0 Å². The van der Waals surface area contributed by atoms with Crippen LogP contribution in [0.5, 0.6) is 11.5 Å². The van der Waals surface area contributed by atoms with E-state index in [1.54, 1.807) is 60.7 Å².